The summed E-state index contributed by atoms with van der Waals surface area (Å²) in [7, 11) is 0. The maximum Gasteiger partial charge on any atom is 0.0526 e. The molecular weight excluding hydrogens is 278 g/mol. The van der Waals surface area contributed by atoms with Crippen LogP contribution in [0.2, 0.25) is 0 Å². The second kappa shape index (κ2) is 5.04. The minimum Gasteiger partial charge on any atom is -0.398 e. The Morgan fingerprint density at radius 1 is 1.19 bits per heavy atom. The molecule has 0 amide bonds. The molecule has 4 rings (SSSR count). The Bertz CT molecular complexity index is 763. The molecule has 0 atom stereocenters. The Kier molecular flexibility index (Phi) is 3.04. The zero-order valence-corrected chi connectivity index (χ0v) is 12.5. The average Bonchev–Trinajstić information content (AvgIpc) is 3.23. The van der Waals surface area contributed by atoms with Gasteiger partial charge in [0.25, 0.3) is 0 Å². The van der Waals surface area contributed by atoms with Gasteiger partial charge in [0.15, 0.2) is 0 Å². The first-order valence-electron chi connectivity index (χ1n) is 7.24. The predicted molar refractivity (Wildman–Crippen MR) is 89.7 cm³/mol. The SMILES string of the molecule is Nc1ccc(N(Cc2cccs2)C2CC2)c2cnccc12. The maximum absolute atomic E-state index is 6.11. The number of pyridine rings is 1. The lowest BCUT2D eigenvalue weighted by Crippen LogP contribution is -2.24. The molecule has 1 aromatic carbocycles. The van der Waals surface area contributed by atoms with Gasteiger partial charge in [0.05, 0.1) is 6.54 Å². The molecule has 0 aliphatic heterocycles. The van der Waals surface area contributed by atoms with Crippen LogP contribution < -0.4 is 10.6 Å². The molecule has 106 valence electrons. The number of anilines is 2. The number of fused-ring (bicyclic) bond motifs is 1. The van der Waals surface area contributed by atoms with E-state index in [2.05, 4.69) is 33.5 Å². The minimum absolute atomic E-state index is 0.652. The van der Waals surface area contributed by atoms with Gasteiger partial charge in [0, 0.05) is 45.5 Å². The summed E-state index contributed by atoms with van der Waals surface area (Å²) >= 11 is 1.82. The highest BCUT2D eigenvalue weighted by atomic mass is 32.1. The number of nitrogen functional groups attached to an aromatic ring is 1. The van der Waals surface area contributed by atoms with E-state index >= 15 is 0 Å². The standard InChI is InChI=1S/C17H17N3S/c18-16-5-6-17(15-10-19-8-7-14(15)16)20(12-3-4-12)11-13-2-1-9-21-13/h1-2,5-10,12H,3-4,11,18H2. The topological polar surface area (TPSA) is 42.1 Å². The van der Waals surface area contributed by atoms with Gasteiger partial charge in [0.2, 0.25) is 0 Å². The van der Waals surface area contributed by atoms with Crippen LogP contribution in [0, 0.1) is 0 Å². The normalized spacial score (nSPS) is 14.5. The molecule has 3 nitrogen and oxygen atoms in total. The van der Waals surface area contributed by atoms with Gasteiger partial charge in [-0.05, 0) is 42.5 Å². The molecule has 21 heavy (non-hydrogen) atoms. The van der Waals surface area contributed by atoms with E-state index in [1.54, 1.807) is 0 Å². The van der Waals surface area contributed by atoms with Crippen molar-refractivity contribution in [3.63, 3.8) is 0 Å². The van der Waals surface area contributed by atoms with Crippen molar-refractivity contribution in [1.82, 2.24) is 4.98 Å². The Morgan fingerprint density at radius 3 is 2.86 bits per heavy atom. The third-order valence-electron chi connectivity index (χ3n) is 4.03. The Balaban J connectivity index is 1.81. The van der Waals surface area contributed by atoms with Crippen LogP contribution in [-0.2, 0) is 6.54 Å². The van der Waals surface area contributed by atoms with Gasteiger partial charge in [-0.3, -0.25) is 4.98 Å². The fourth-order valence-electron chi connectivity index (χ4n) is 2.82. The summed E-state index contributed by atoms with van der Waals surface area (Å²) in [5.41, 5.74) is 8.18. The molecule has 2 heterocycles. The van der Waals surface area contributed by atoms with Crippen LogP contribution in [0.4, 0.5) is 11.4 Å². The first kappa shape index (κ1) is 12.7. The van der Waals surface area contributed by atoms with Gasteiger partial charge in [-0.15, -0.1) is 11.3 Å². The van der Waals surface area contributed by atoms with Crippen LogP contribution in [0.15, 0.2) is 48.1 Å². The summed E-state index contributed by atoms with van der Waals surface area (Å²) in [4.78, 5) is 8.20. The number of nitrogens with zero attached hydrogens (tertiary/aromatic N) is 2. The van der Waals surface area contributed by atoms with Crippen molar-refractivity contribution in [2.75, 3.05) is 10.6 Å². The Hall–Kier alpha value is -2.07. The third-order valence-corrected chi connectivity index (χ3v) is 4.89. The van der Waals surface area contributed by atoms with Crippen LogP contribution in [0.25, 0.3) is 10.8 Å². The maximum atomic E-state index is 6.11. The number of hydrogen-bond donors (Lipinski definition) is 1. The average molecular weight is 295 g/mol. The van der Waals surface area contributed by atoms with E-state index in [1.807, 2.05) is 35.9 Å². The number of thiophene rings is 1. The number of aromatic nitrogens is 1. The molecule has 2 aromatic heterocycles. The van der Waals surface area contributed by atoms with Gasteiger partial charge >= 0.3 is 0 Å². The summed E-state index contributed by atoms with van der Waals surface area (Å²) < 4.78 is 0. The third kappa shape index (κ3) is 2.36. The predicted octanol–water partition coefficient (Wildman–Crippen LogP) is 4.05. The van der Waals surface area contributed by atoms with Crippen molar-refractivity contribution in [2.45, 2.75) is 25.4 Å². The number of nitrogens with two attached hydrogens (primary N) is 1. The lowest BCUT2D eigenvalue weighted by Gasteiger charge is -2.26. The van der Waals surface area contributed by atoms with Crippen LogP contribution in [-0.4, -0.2) is 11.0 Å². The number of benzene rings is 1. The molecule has 0 unspecified atom stereocenters. The second-order valence-corrected chi connectivity index (χ2v) is 6.57. The molecule has 0 spiro atoms. The van der Waals surface area contributed by atoms with Crippen LogP contribution in [0.5, 0.6) is 0 Å². The summed E-state index contributed by atoms with van der Waals surface area (Å²) in [6, 6.07) is 11.1. The molecule has 1 aliphatic rings. The van der Waals surface area contributed by atoms with E-state index < -0.39 is 0 Å². The van der Waals surface area contributed by atoms with E-state index in [4.69, 9.17) is 5.73 Å². The molecule has 0 bridgehead atoms. The molecule has 1 fully saturated rings. The fourth-order valence-corrected chi connectivity index (χ4v) is 3.52. The zero-order valence-electron chi connectivity index (χ0n) is 11.7. The highest BCUT2D eigenvalue weighted by Crippen LogP contribution is 2.38. The van der Waals surface area contributed by atoms with E-state index in [0.717, 1.165) is 23.0 Å². The van der Waals surface area contributed by atoms with Gasteiger partial charge in [-0.2, -0.15) is 0 Å². The molecule has 3 aromatic rings. The Morgan fingerprint density at radius 2 is 2.10 bits per heavy atom. The van der Waals surface area contributed by atoms with Crippen LogP contribution in [0.1, 0.15) is 17.7 Å². The van der Waals surface area contributed by atoms with E-state index in [-0.39, 0.29) is 0 Å². The molecule has 1 aliphatic carbocycles. The molecule has 4 heteroatoms. The van der Waals surface area contributed by atoms with Crippen LogP contribution >= 0.6 is 11.3 Å². The van der Waals surface area contributed by atoms with Crippen molar-refractivity contribution >= 4 is 33.5 Å². The second-order valence-electron chi connectivity index (χ2n) is 5.53. The lowest BCUT2D eigenvalue weighted by molar-refractivity contribution is 0.807. The number of rotatable bonds is 4. The van der Waals surface area contributed by atoms with E-state index in [0.29, 0.717) is 6.04 Å². The van der Waals surface area contributed by atoms with Gasteiger partial charge < -0.3 is 10.6 Å². The van der Waals surface area contributed by atoms with Crippen LogP contribution in [0.3, 0.4) is 0 Å². The fraction of sp³-hybridized carbons (Fsp3) is 0.235. The first-order chi connectivity index (χ1) is 10.3. The highest BCUT2D eigenvalue weighted by Gasteiger charge is 2.30. The molecule has 0 saturated heterocycles. The quantitative estimate of drug-likeness (QED) is 0.738. The number of hydrogen-bond acceptors (Lipinski definition) is 4. The smallest absolute Gasteiger partial charge is 0.0526 e. The zero-order chi connectivity index (χ0) is 14.2. The largest absolute Gasteiger partial charge is 0.398 e. The summed E-state index contributed by atoms with van der Waals surface area (Å²) in [6.45, 7) is 0.968. The van der Waals surface area contributed by atoms with E-state index in [1.165, 1.54) is 23.4 Å². The summed E-state index contributed by atoms with van der Waals surface area (Å²) in [5, 5.41) is 4.39. The van der Waals surface area contributed by atoms with Gasteiger partial charge in [-0.25, -0.2) is 0 Å². The van der Waals surface area contributed by atoms with Crippen molar-refractivity contribution in [3.05, 3.63) is 53.0 Å². The van der Waals surface area contributed by atoms with Gasteiger partial charge in [-0.1, -0.05) is 6.07 Å². The van der Waals surface area contributed by atoms with Crippen molar-refractivity contribution < 1.29 is 0 Å². The summed E-state index contributed by atoms with van der Waals surface area (Å²) in [6.07, 6.45) is 6.29. The van der Waals surface area contributed by atoms with Gasteiger partial charge in [0.1, 0.15) is 0 Å². The molecule has 2 N–H and O–H groups in total. The molecular formula is C17H17N3S. The van der Waals surface area contributed by atoms with Crippen molar-refractivity contribution in [3.8, 4) is 0 Å². The summed E-state index contributed by atoms with van der Waals surface area (Å²) in [5.74, 6) is 0. The van der Waals surface area contributed by atoms with E-state index in [9.17, 15) is 0 Å². The first-order valence-corrected chi connectivity index (χ1v) is 8.12. The Labute approximate surface area is 128 Å². The van der Waals surface area contributed by atoms with Crippen molar-refractivity contribution in [1.29, 1.82) is 0 Å². The van der Waals surface area contributed by atoms with Crippen molar-refractivity contribution in [2.24, 2.45) is 0 Å². The molecule has 0 radical (unpaired) electrons. The monoisotopic (exact) mass is 295 g/mol. The lowest BCUT2D eigenvalue weighted by atomic mass is 10.1. The molecule has 1 saturated carbocycles. The highest BCUT2D eigenvalue weighted by molar-refractivity contribution is 7.09. The minimum atomic E-state index is 0.652.